The van der Waals surface area contributed by atoms with Gasteiger partial charge in [-0.3, -0.25) is 4.99 Å². The minimum atomic E-state index is -0.626. The van der Waals surface area contributed by atoms with Gasteiger partial charge in [-0.2, -0.15) is 0 Å². The summed E-state index contributed by atoms with van der Waals surface area (Å²) < 4.78 is 5.22. The fraction of sp³-hybridized carbons (Fsp3) is 0.167. The molecule has 0 saturated heterocycles. The molecule has 30 heavy (non-hydrogen) atoms. The number of phenols is 1. The molecule has 4 rings (SSSR count). The highest BCUT2D eigenvalue weighted by Crippen LogP contribution is 2.48. The fourth-order valence-corrected chi connectivity index (χ4v) is 4.85. The zero-order valence-electron chi connectivity index (χ0n) is 16.5. The van der Waals surface area contributed by atoms with E-state index in [4.69, 9.17) is 9.41 Å². The van der Waals surface area contributed by atoms with Crippen LogP contribution in [0.25, 0.3) is 0 Å². The first kappa shape index (κ1) is 20.0. The van der Waals surface area contributed by atoms with E-state index in [2.05, 4.69) is 6.58 Å². The second kappa shape index (κ2) is 8.24. The van der Waals surface area contributed by atoms with Crippen molar-refractivity contribution in [2.75, 3.05) is 0 Å². The highest BCUT2D eigenvalue weighted by Gasteiger charge is 2.28. The monoisotopic (exact) mass is 419 g/mol. The van der Waals surface area contributed by atoms with Crippen molar-refractivity contribution in [3.8, 4) is 11.5 Å². The number of benzene rings is 2. The lowest BCUT2D eigenvalue weighted by molar-refractivity contribution is 0.432. The number of hydrogen-bond donors (Lipinski definition) is 2. The van der Waals surface area contributed by atoms with Crippen LogP contribution >= 0.6 is 11.8 Å². The zero-order chi connectivity index (χ0) is 21.3. The number of rotatable bonds is 4. The standard InChI is InChI=1S/C24H21NO4S/c1-3-7-15-8-6-9-16(23(15)27)21-13-18(22-19(26)12-14(2)29-24(22)28)25-17-10-4-5-11-20(17)30-21/h3-6,8-12,21,26-27H,1,7,13H2,2H3/t21-/m1/s1. The summed E-state index contributed by atoms with van der Waals surface area (Å²) >= 11 is 1.57. The predicted octanol–water partition coefficient (Wildman–Crippen LogP) is 5.45. The molecular formula is C24H21NO4S. The van der Waals surface area contributed by atoms with Crippen LogP contribution in [0.1, 0.15) is 34.1 Å². The number of phenolic OH excluding ortho intramolecular Hbond substituents is 1. The molecule has 152 valence electrons. The molecule has 0 aliphatic carbocycles. The molecule has 0 fully saturated rings. The first-order chi connectivity index (χ1) is 14.5. The number of hydrogen-bond acceptors (Lipinski definition) is 6. The van der Waals surface area contributed by atoms with Crippen molar-refractivity contribution < 1.29 is 14.6 Å². The molecule has 0 amide bonds. The Hall–Kier alpha value is -3.25. The fourth-order valence-electron chi connectivity index (χ4n) is 3.60. The number of aromatic hydroxyl groups is 2. The summed E-state index contributed by atoms with van der Waals surface area (Å²) in [6.45, 7) is 5.36. The maximum absolute atomic E-state index is 12.6. The van der Waals surface area contributed by atoms with Crippen LogP contribution in [-0.2, 0) is 6.42 Å². The van der Waals surface area contributed by atoms with Gasteiger partial charge in [0.25, 0.3) is 0 Å². The van der Waals surface area contributed by atoms with Crippen molar-refractivity contribution in [2.45, 2.75) is 29.9 Å². The Kier molecular flexibility index (Phi) is 5.50. The summed E-state index contributed by atoms with van der Waals surface area (Å²) in [4.78, 5) is 18.2. The Morgan fingerprint density at radius 3 is 2.80 bits per heavy atom. The van der Waals surface area contributed by atoms with E-state index in [9.17, 15) is 15.0 Å². The van der Waals surface area contributed by atoms with Crippen LogP contribution in [0.3, 0.4) is 0 Å². The Bertz CT molecular complexity index is 1210. The van der Waals surface area contributed by atoms with Crippen LogP contribution in [0, 0.1) is 6.92 Å². The molecule has 1 aliphatic rings. The molecule has 2 aromatic carbocycles. The highest BCUT2D eigenvalue weighted by atomic mass is 32.2. The molecule has 1 aliphatic heterocycles. The van der Waals surface area contributed by atoms with E-state index in [-0.39, 0.29) is 22.3 Å². The summed E-state index contributed by atoms with van der Waals surface area (Å²) in [5.74, 6) is 0.389. The lowest BCUT2D eigenvalue weighted by Crippen LogP contribution is -2.17. The maximum Gasteiger partial charge on any atom is 0.348 e. The molecule has 0 bridgehead atoms. The lowest BCUT2D eigenvalue weighted by Gasteiger charge is -2.19. The summed E-state index contributed by atoms with van der Waals surface area (Å²) in [6.07, 6.45) is 2.64. The van der Waals surface area contributed by atoms with E-state index < -0.39 is 5.63 Å². The minimum absolute atomic E-state index is 0.0599. The molecular weight excluding hydrogens is 398 g/mol. The van der Waals surface area contributed by atoms with Crippen molar-refractivity contribution in [3.63, 3.8) is 0 Å². The number of fused-ring (bicyclic) bond motifs is 1. The number of nitrogens with zero attached hydrogens (tertiary/aromatic N) is 1. The minimum Gasteiger partial charge on any atom is -0.507 e. The van der Waals surface area contributed by atoms with Gasteiger partial charge in [0, 0.05) is 28.2 Å². The number of allylic oxidation sites excluding steroid dienone is 1. The third-order valence-corrected chi connectivity index (χ3v) is 6.28. The summed E-state index contributed by atoms with van der Waals surface area (Å²) in [5.41, 5.74) is 2.11. The summed E-state index contributed by atoms with van der Waals surface area (Å²) in [5, 5.41) is 21.2. The van der Waals surface area contributed by atoms with E-state index in [1.165, 1.54) is 6.07 Å². The van der Waals surface area contributed by atoms with Crippen LogP contribution < -0.4 is 5.63 Å². The highest BCUT2D eigenvalue weighted by molar-refractivity contribution is 7.99. The number of aryl methyl sites for hydroxylation is 1. The Labute approximate surface area is 178 Å². The maximum atomic E-state index is 12.6. The van der Waals surface area contributed by atoms with E-state index in [1.807, 2.05) is 42.5 Å². The molecule has 3 aromatic rings. The molecule has 1 aromatic heterocycles. The Morgan fingerprint density at radius 1 is 1.23 bits per heavy atom. The number of aliphatic imine (C=N–C) groups is 1. The Balaban J connectivity index is 1.87. The van der Waals surface area contributed by atoms with E-state index in [0.29, 0.717) is 30.0 Å². The number of para-hydroxylation sites is 2. The third-order valence-electron chi connectivity index (χ3n) is 4.97. The number of thioether (sulfide) groups is 1. The van der Waals surface area contributed by atoms with Gasteiger partial charge < -0.3 is 14.6 Å². The topological polar surface area (TPSA) is 83.0 Å². The average molecular weight is 420 g/mol. The molecule has 5 nitrogen and oxygen atoms in total. The molecule has 1 atom stereocenters. The van der Waals surface area contributed by atoms with E-state index in [0.717, 1.165) is 16.0 Å². The second-order valence-electron chi connectivity index (χ2n) is 7.09. The van der Waals surface area contributed by atoms with E-state index in [1.54, 1.807) is 24.8 Å². The molecule has 2 N–H and O–H groups in total. The molecule has 0 spiro atoms. The van der Waals surface area contributed by atoms with Crippen LogP contribution in [0.5, 0.6) is 11.5 Å². The molecule has 0 unspecified atom stereocenters. The van der Waals surface area contributed by atoms with Crippen LogP contribution in [0.2, 0.25) is 0 Å². The summed E-state index contributed by atoms with van der Waals surface area (Å²) in [6, 6.07) is 14.7. The normalized spacial score (nSPS) is 15.8. The largest absolute Gasteiger partial charge is 0.507 e. The smallest absolute Gasteiger partial charge is 0.348 e. The predicted molar refractivity (Wildman–Crippen MR) is 119 cm³/mol. The van der Waals surface area contributed by atoms with Crippen LogP contribution in [0.15, 0.2) is 80.3 Å². The van der Waals surface area contributed by atoms with Gasteiger partial charge in [0.1, 0.15) is 22.8 Å². The van der Waals surface area contributed by atoms with Crippen molar-refractivity contribution in [2.24, 2.45) is 4.99 Å². The van der Waals surface area contributed by atoms with Gasteiger partial charge in [-0.25, -0.2) is 4.79 Å². The second-order valence-corrected chi connectivity index (χ2v) is 8.33. The first-order valence-corrected chi connectivity index (χ1v) is 10.4. The van der Waals surface area contributed by atoms with Crippen LogP contribution in [0.4, 0.5) is 5.69 Å². The van der Waals surface area contributed by atoms with Gasteiger partial charge in [0.15, 0.2) is 0 Å². The van der Waals surface area contributed by atoms with Crippen molar-refractivity contribution in [1.82, 2.24) is 0 Å². The zero-order valence-corrected chi connectivity index (χ0v) is 17.3. The van der Waals surface area contributed by atoms with Crippen molar-refractivity contribution >= 4 is 23.2 Å². The first-order valence-electron chi connectivity index (χ1n) is 9.57. The van der Waals surface area contributed by atoms with Gasteiger partial charge in [-0.05, 0) is 31.0 Å². The van der Waals surface area contributed by atoms with Crippen LogP contribution in [-0.4, -0.2) is 15.9 Å². The summed E-state index contributed by atoms with van der Waals surface area (Å²) in [7, 11) is 0. The van der Waals surface area contributed by atoms with Gasteiger partial charge in [-0.1, -0.05) is 36.4 Å². The lowest BCUT2D eigenvalue weighted by atomic mass is 9.98. The van der Waals surface area contributed by atoms with E-state index >= 15 is 0 Å². The van der Waals surface area contributed by atoms with Gasteiger partial charge in [0.05, 0.1) is 11.4 Å². The van der Waals surface area contributed by atoms with Gasteiger partial charge in [0.2, 0.25) is 0 Å². The molecule has 6 heteroatoms. The third kappa shape index (κ3) is 3.78. The van der Waals surface area contributed by atoms with Crippen molar-refractivity contribution in [3.05, 3.63) is 94.1 Å². The molecule has 0 saturated carbocycles. The molecule has 2 heterocycles. The molecule has 0 radical (unpaired) electrons. The quantitative estimate of drug-likeness (QED) is 0.550. The Morgan fingerprint density at radius 2 is 2.03 bits per heavy atom. The average Bonchev–Trinajstić information content (AvgIpc) is 2.88. The van der Waals surface area contributed by atoms with Gasteiger partial charge in [-0.15, -0.1) is 18.3 Å². The SMILES string of the molecule is C=CCc1cccc([C@H]2CC(c3c(O)cc(C)oc3=O)=Nc3ccccc3S2)c1O. The van der Waals surface area contributed by atoms with Gasteiger partial charge >= 0.3 is 5.63 Å². The van der Waals surface area contributed by atoms with Crippen molar-refractivity contribution in [1.29, 1.82) is 0 Å².